The van der Waals surface area contributed by atoms with E-state index >= 15 is 0 Å². The first-order chi connectivity index (χ1) is 27.5. The topological polar surface area (TPSA) is 105 Å². The van der Waals surface area contributed by atoms with Gasteiger partial charge in [0.1, 0.15) is 13.2 Å². The van der Waals surface area contributed by atoms with Gasteiger partial charge in [-0.05, 0) is 12.8 Å². The first kappa shape index (κ1) is 56.5. The molecule has 0 saturated heterocycles. The average Bonchev–Trinajstić information content (AvgIpc) is 3.16. The second-order valence-electron chi connectivity index (χ2n) is 18.6. The van der Waals surface area contributed by atoms with E-state index in [2.05, 4.69) is 19.2 Å². The first-order valence-corrected chi connectivity index (χ1v) is 26.4. The fourth-order valence-electron chi connectivity index (χ4n) is 7.64. The summed E-state index contributed by atoms with van der Waals surface area (Å²) in [6, 6.07) is -0.753. The van der Waals surface area contributed by atoms with Crippen molar-refractivity contribution in [1.82, 2.24) is 5.32 Å². The number of phosphoric ester groups is 1. The summed E-state index contributed by atoms with van der Waals surface area (Å²) in [5, 5.41) is 14.0. The van der Waals surface area contributed by atoms with E-state index in [1.54, 1.807) is 0 Å². The second-order valence-corrected chi connectivity index (χ2v) is 20.0. The predicted molar refractivity (Wildman–Crippen MR) is 245 cm³/mol. The lowest BCUT2D eigenvalue weighted by Crippen LogP contribution is -2.46. The Labute approximate surface area is 355 Å². The van der Waals surface area contributed by atoms with Crippen molar-refractivity contribution in [3.05, 3.63) is 0 Å². The molecular weight excluding hydrogens is 732 g/mol. The summed E-state index contributed by atoms with van der Waals surface area (Å²) in [6.45, 7) is 4.92. The van der Waals surface area contributed by atoms with Crippen LogP contribution in [0.25, 0.3) is 0 Å². The number of likely N-dealkylation sites (N-methyl/N-ethyl adjacent to an activating group) is 1. The van der Waals surface area contributed by atoms with Gasteiger partial charge in [0.15, 0.2) is 0 Å². The van der Waals surface area contributed by atoms with Crippen LogP contribution in [0, 0.1) is 0 Å². The van der Waals surface area contributed by atoms with Crippen molar-refractivity contribution in [3.8, 4) is 0 Å². The number of nitrogens with one attached hydrogen (secondary N) is 1. The molecule has 8 nitrogen and oxygen atoms in total. The number of aliphatic hydroxyl groups excluding tert-OH is 1. The van der Waals surface area contributed by atoms with Gasteiger partial charge in [0.25, 0.3) is 0 Å². The van der Waals surface area contributed by atoms with Crippen molar-refractivity contribution in [2.45, 2.75) is 264 Å². The SMILES string of the molecule is CCCCCCCCCCCCCCCCCCCCCC(=O)N[C@@H](COP(=O)(O)OCC[N+](C)(C)C)[C@H](O)CCCCCCCCCCCCCCCCCC. The standard InChI is InChI=1S/C48H99N2O6P/c1-6-8-10-12-14-16-18-20-22-24-25-26-28-30-32-34-36-38-40-42-48(52)49-46(45-56-57(53,54)55-44-43-50(3,4)5)47(51)41-39-37-35-33-31-29-27-23-21-19-17-15-13-11-9-7-2/h46-47,51H,6-45H2,1-5H3,(H-,49,52,53,54)/p+1/t46-,47+/m0/s1. The van der Waals surface area contributed by atoms with E-state index in [0.29, 0.717) is 23.9 Å². The van der Waals surface area contributed by atoms with Crippen LogP contribution in [0.5, 0.6) is 0 Å². The lowest BCUT2D eigenvalue weighted by molar-refractivity contribution is -0.870. The van der Waals surface area contributed by atoms with Crippen molar-refractivity contribution in [2.75, 3.05) is 40.9 Å². The first-order valence-electron chi connectivity index (χ1n) is 24.9. The van der Waals surface area contributed by atoms with Crippen LogP contribution in [0.1, 0.15) is 251 Å². The lowest BCUT2D eigenvalue weighted by Gasteiger charge is -2.26. The smallest absolute Gasteiger partial charge is 0.391 e. The third-order valence-corrected chi connectivity index (χ3v) is 12.6. The molecule has 0 spiro atoms. The molecule has 3 atom stereocenters. The van der Waals surface area contributed by atoms with Crippen LogP contribution >= 0.6 is 7.82 Å². The molecule has 0 aromatic rings. The number of aliphatic hydroxyl groups is 1. The third-order valence-electron chi connectivity index (χ3n) is 11.6. The molecule has 0 aromatic carbocycles. The van der Waals surface area contributed by atoms with Gasteiger partial charge in [-0.1, -0.05) is 232 Å². The summed E-state index contributed by atoms with van der Waals surface area (Å²) in [5.41, 5.74) is 0. The minimum atomic E-state index is -4.31. The molecule has 0 bridgehead atoms. The van der Waals surface area contributed by atoms with Crippen molar-refractivity contribution < 1.29 is 32.9 Å². The largest absolute Gasteiger partial charge is 0.472 e. The maximum atomic E-state index is 12.9. The zero-order chi connectivity index (χ0) is 42.1. The van der Waals surface area contributed by atoms with E-state index in [1.807, 2.05) is 21.1 Å². The fourth-order valence-corrected chi connectivity index (χ4v) is 8.37. The summed E-state index contributed by atoms with van der Waals surface area (Å²) in [4.78, 5) is 23.2. The van der Waals surface area contributed by atoms with Crippen molar-refractivity contribution in [3.63, 3.8) is 0 Å². The Kier molecular flexibility index (Phi) is 40.5. The highest BCUT2D eigenvalue weighted by molar-refractivity contribution is 7.47. The quantitative estimate of drug-likeness (QED) is 0.0321. The molecule has 0 radical (unpaired) electrons. The molecule has 0 aromatic heterocycles. The molecule has 0 aliphatic rings. The summed E-state index contributed by atoms with van der Waals surface area (Å²) in [7, 11) is 1.63. The molecule has 342 valence electrons. The minimum absolute atomic E-state index is 0.0788. The zero-order valence-electron chi connectivity index (χ0n) is 38.9. The van der Waals surface area contributed by atoms with Gasteiger partial charge >= 0.3 is 7.82 Å². The van der Waals surface area contributed by atoms with Gasteiger partial charge < -0.3 is 19.8 Å². The molecule has 0 heterocycles. The molecule has 9 heteroatoms. The monoisotopic (exact) mass is 832 g/mol. The molecule has 1 amide bonds. The van der Waals surface area contributed by atoms with Gasteiger partial charge in [0.05, 0.1) is 39.9 Å². The molecule has 3 N–H and O–H groups in total. The molecular formula is C48H100N2O6P+. The number of carbonyl (C=O) groups excluding carboxylic acids is 1. The van der Waals surface area contributed by atoms with E-state index in [1.165, 1.54) is 186 Å². The molecule has 0 saturated carbocycles. The van der Waals surface area contributed by atoms with E-state index in [0.717, 1.165) is 38.5 Å². The number of carbonyl (C=O) groups is 1. The maximum Gasteiger partial charge on any atom is 0.472 e. The average molecular weight is 832 g/mol. The van der Waals surface area contributed by atoms with Gasteiger partial charge in [0, 0.05) is 6.42 Å². The summed E-state index contributed by atoms with van der Waals surface area (Å²) >= 11 is 0. The van der Waals surface area contributed by atoms with Gasteiger partial charge in [-0.15, -0.1) is 0 Å². The van der Waals surface area contributed by atoms with Gasteiger partial charge in [-0.25, -0.2) is 4.57 Å². The second kappa shape index (κ2) is 40.9. The number of quaternary nitrogens is 1. The minimum Gasteiger partial charge on any atom is -0.391 e. The molecule has 0 rings (SSSR count). The molecule has 0 aliphatic carbocycles. The number of hydrogen-bond acceptors (Lipinski definition) is 5. The Bertz CT molecular complexity index is 901. The van der Waals surface area contributed by atoms with Crippen LogP contribution in [-0.4, -0.2) is 73.4 Å². The molecule has 0 aliphatic heterocycles. The highest BCUT2D eigenvalue weighted by Crippen LogP contribution is 2.43. The Hall–Kier alpha value is -0.500. The normalized spacial score (nSPS) is 14.2. The Balaban J connectivity index is 4.24. The summed E-state index contributed by atoms with van der Waals surface area (Å²) < 4.78 is 23.7. The number of amides is 1. The number of rotatable bonds is 46. The van der Waals surface area contributed by atoms with Crippen molar-refractivity contribution >= 4 is 13.7 Å². The van der Waals surface area contributed by atoms with Gasteiger partial charge in [0.2, 0.25) is 5.91 Å². The third kappa shape index (κ3) is 43.4. The van der Waals surface area contributed by atoms with Crippen LogP contribution in [0.3, 0.4) is 0 Å². The van der Waals surface area contributed by atoms with E-state index in [9.17, 15) is 19.4 Å². The summed E-state index contributed by atoms with van der Waals surface area (Å²) in [5.74, 6) is -0.139. The molecule has 57 heavy (non-hydrogen) atoms. The van der Waals surface area contributed by atoms with Crippen LogP contribution in [0.15, 0.2) is 0 Å². The predicted octanol–water partition coefficient (Wildman–Crippen LogP) is 14.1. The number of phosphoric acid groups is 1. The van der Waals surface area contributed by atoms with Crippen LogP contribution in [0.2, 0.25) is 0 Å². The Morgan fingerprint density at radius 2 is 0.842 bits per heavy atom. The van der Waals surface area contributed by atoms with Crippen molar-refractivity contribution in [2.24, 2.45) is 0 Å². The lowest BCUT2D eigenvalue weighted by atomic mass is 10.0. The van der Waals surface area contributed by atoms with Gasteiger partial charge in [-0.2, -0.15) is 0 Å². The van der Waals surface area contributed by atoms with Crippen LogP contribution in [0.4, 0.5) is 0 Å². The number of nitrogens with zero attached hydrogens (tertiary/aromatic N) is 1. The zero-order valence-corrected chi connectivity index (χ0v) is 39.8. The van der Waals surface area contributed by atoms with E-state index in [4.69, 9.17) is 9.05 Å². The maximum absolute atomic E-state index is 12.9. The van der Waals surface area contributed by atoms with Crippen LogP contribution < -0.4 is 5.32 Å². The number of hydrogen-bond donors (Lipinski definition) is 3. The molecule has 0 fully saturated rings. The fraction of sp³-hybridized carbons (Fsp3) is 0.979. The van der Waals surface area contributed by atoms with Crippen molar-refractivity contribution in [1.29, 1.82) is 0 Å². The highest BCUT2D eigenvalue weighted by Gasteiger charge is 2.28. The highest BCUT2D eigenvalue weighted by atomic mass is 31.2. The Morgan fingerprint density at radius 1 is 0.526 bits per heavy atom. The molecule has 1 unspecified atom stereocenters. The van der Waals surface area contributed by atoms with E-state index in [-0.39, 0.29) is 19.1 Å². The van der Waals surface area contributed by atoms with Crippen LogP contribution in [-0.2, 0) is 18.4 Å². The van der Waals surface area contributed by atoms with Gasteiger partial charge in [-0.3, -0.25) is 13.8 Å². The summed E-state index contributed by atoms with van der Waals surface area (Å²) in [6.07, 6.45) is 45.6. The Morgan fingerprint density at radius 3 is 1.18 bits per heavy atom. The number of unbranched alkanes of at least 4 members (excludes halogenated alkanes) is 33. The van der Waals surface area contributed by atoms with E-state index < -0.39 is 20.0 Å².